The van der Waals surface area contributed by atoms with Gasteiger partial charge in [0.2, 0.25) is 11.8 Å². The van der Waals surface area contributed by atoms with E-state index in [0.29, 0.717) is 43.6 Å². The van der Waals surface area contributed by atoms with Crippen LogP contribution in [-0.4, -0.2) is 62.6 Å². The smallest absolute Gasteiger partial charge is 0.320 e. The maximum absolute atomic E-state index is 12.3. The van der Waals surface area contributed by atoms with Gasteiger partial charge in [-0.2, -0.15) is 4.98 Å². The molecule has 2 aliphatic heterocycles. The van der Waals surface area contributed by atoms with Gasteiger partial charge < -0.3 is 14.5 Å². The number of aromatic nitrogens is 2. The van der Waals surface area contributed by atoms with Gasteiger partial charge in [0.1, 0.15) is 6.04 Å². The molecule has 8 nitrogen and oxygen atoms in total. The second kappa shape index (κ2) is 6.64. The van der Waals surface area contributed by atoms with Gasteiger partial charge in [-0.05, 0) is 37.5 Å². The molecule has 0 unspecified atom stereocenters. The third-order valence-corrected chi connectivity index (χ3v) is 6.11. The van der Waals surface area contributed by atoms with E-state index in [1.165, 1.54) is 0 Å². The molecule has 0 bridgehead atoms. The van der Waals surface area contributed by atoms with Gasteiger partial charge in [-0.25, -0.2) is 0 Å². The Morgan fingerprint density at radius 3 is 2.62 bits per heavy atom. The van der Waals surface area contributed by atoms with E-state index in [9.17, 15) is 14.7 Å². The molecule has 1 spiro atoms. The highest BCUT2D eigenvalue weighted by atomic mass is 16.5. The molecule has 3 heterocycles. The van der Waals surface area contributed by atoms with Crippen LogP contribution in [-0.2, 0) is 22.6 Å². The minimum atomic E-state index is -0.794. The Hall–Kier alpha value is -1.96. The van der Waals surface area contributed by atoms with Crippen molar-refractivity contribution in [2.45, 2.75) is 58.0 Å². The first-order chi connectivity index (χ1) is 12.5. The molecule has 1 saturated carbocycles. The molecule has 8 heteroatoms. The van der Waals surface area contributed by atoms with Crippen molar-refractivity contribution in [1.82, 2.24) is 19.9 Å². The quantitative estimate of drug-likeness (QED) is 0.843. The average molecular weight is 362 g/mol. The summed E-state index contributed by atoms with van der Waals surface area (Å²) in [6.45, 7) is 4.55. The Kier molecular flexibility index (Phi) is 4.46. The normalized spacial score (nSPS) is 25.7. The molecule has 1 atom stereocenters. The lowest BCUT2D eigenvalue weighted by Crippen LogP contribution is -2.44. The molecular weight excluding hydrogens is 336 g/mol. The van der Waals surface area contributed by atoms with Crippen LogP contribution in [0.5, 0.6) is 0 Å². The predicted molar refractivity (Wildman–Crippen MR) is 91.1 cm³/mol. The molecule has 0 radical (unpaired) electrons. The molecule has 26 heavy (non-hydrogen) atoms. The fourth-order valence-electron chi connectivity index (χ4n) is 4.39. The van der Waals surface area contributed by atoms with Crippen LogP contribution < -0.4 is 0 Å². The largest absolute Gasteiger partial charge is 0.480 e. The first kappa shape index (κ1) is 17.5. The molecule has 4 rings (SSSR count). The van der Waals surface area contributed by atoms with Crippen molar-refractivity contribution in [3.8, 4) is 0 Å². The lowest BCUT2D eigenvalue weighted by molar-refractivity contribution is -0.142. The van der Waals surface area contributed by atoms with Gasteiger partial charge in [-0.1, -0.05) is 12.1 Å². The van der Waals surface area contributed by atoms with Crippen LogP contribution in [0.15, 0.2) is 4.52 Å². The fourth-order valence-corrected chi connectivity index (χ4v) is 4.39. The zero-order valence-corrected chi connectivity index (χ0v) is 15.2. The molecular formula is C18H26N4O4. The molecule has 1 aromatic heterocycles. The Morgan fingerprint density at radius 1 is 1.31 bits per heavy atom. The minimum Gasteiger partial charge on any atom is -0.480 e. The first-order valence-corrected chi connectivity index (χ1v) is 9.57. The number of rotatable bonds is 5. The van der Waals surface area contributed by atoms with E-state index in [1.54, 1.807) is 0 Å². The first-order valence-electron chi connectivity index (χ1n) is 9.57. The van der Waals surface area contributed by atoms with Crippen molar-refractivity contribution in [3.63, 3.8) is 0 Å². The Bertz CT molecular complexity index is 691. The molecule has 1 aliphatic carbocycles. The van der Waals surface area contributed by atoms with Crippen LogP contribution in [0.25, 0.3) is 0 Å². The standard InChI is InChI=1S/C18H26N4O4/c1-2-15-19-14(20-26-15)10-22-11-18(9-13(22)17(24)25)5-7-21(8-6-18)16(23)12-3-4-12/h12-13H,2-11H2,1H3,(H,24,25)/t13-/m1/s1. The number of aryl methyl sites for hydroxylation is 1. The van der Waals surface area contributed by atoms with E-state index in [2.05, 4.69) is 10.1 Å². The zero-order chi connectivity index (χ0) is 18.3. The molecule has 1 N–H and O–H groups in total. The zero-order valence-electron chi connectivity index (χ0n) is 15.2. The van der Waals surface area contributed by atoms with Crippen molar-refractivity contribution < 1.29 is 19.2 Å². The molecule has 2 saturated heterocycles. The number of carbonyl (C=O) groups excluding carboxylic acids is 1. The van der Waals surface area contributed by atoms with Crippen molar-refractivity contribution in [1.29, 1.82) is 0 Å². The predicted octanol–water partition coefficient (Wildman–Crippen LogP) is 1.31. The fraction of sp³-hybridized carbons (Fsp3) is 0.778. The van der Waals surface area contributed by atoms with Crippen molar-refractivity contribution in [2.24, 2.45) is 11.3 Å². The molecule has 1 aromatic rings. The van der Waals surface area contributed by atoms with E-state index in [-0.39, 0.29) is 11.3 Å². The maximum atomic E-state index is 12.3. The van der Waals surface area contributed by atoms with Gasteiger partial charge in [-0.15, -0.1) is 0 Å². The Labute approximate surface area is 152 Å². The number of carboxylic acid groups (broad SMARTS) is 1. The summed E-state index contributed by atoms with van der Waals surface area (Å²) < 4.78 is 5.15. The second-order valence-electron chi connectivity index (χ2n) is 8.02. The maximum Gasteiger partial charge on any atom is 0.320 e. The third-order valence-electron chi connectivity index (χ3n) is 6.11. The van der Waals surface area contributed by atoms with Crippen LogP contribution >= 0.6 is 0 Å². The van der Waals surface area contributed by atoms with Crippen molar-refractivity contribution in [3.05, 3.63) is 11.7 Å². The highest BCUT2D eigenvalue weighted by molar-refractivity contribution is 5.81. The van der Waals surface area contributed by atoms with Gasteiger partial charge in [0.15, 0.2) is 5.82 Å². The summed E-state index contributed by atoms with van der Waals surface area (Å²) in [4.78, 5) is 32.3. The van der Waals surface area contributed by atoms with Crippen LogP contribution in [0, 0.1) is 11.3 Å². The van der Waals surface area contributed by atoms with Crippen molar-refractivity contribution in [2.75, 3.05) is 19.6 Å². The molecule has 3 fully saturated rings. The van der Waals surface area contributed by atoms with Gasteiger partial charge in [-0.3, -0.25) is 14.5 Å². The van der Waals surface area contributed by atoms with Gasteiger partial charge >= 0.3 is 5.97 Å². The SMILES string of the molecule is CCc1nc(CN2CC3(CCN(C(=O)C4CC4)CC3)C[C@@H]2C(=O)O)no1. The van der Waals surface area contributed by atoms with Gasteiger partial charge in [0.25, 0.3) is 0 Å². The van der Waals surface area contributed by atoms with Crippen LogP contribution in [0.4, 0.5) is 0 Å². The Balaban J connectivity index is 1.42. The summed E-state index contributed by atoms with van der Waals surface area (Å²) in [6.07, 6.45) is 5.10. The van der Waals surface area contributed by atoms with Crippen LogP contribution in [0.2, 0.25) is 0 Å². The number of carbonyl (C=O) groups is 2. The lowest BCUT2D eigenvalue weighted by Gasteiger charge is -2.39. The average Bonchev–Trinajstić information content (AvgIpc) is 3.29. The monoisotopic (exact) mass is 362 g/mol. The summed E-state index contributed by atoms with van der Waals surface area (Å²) in [5.74, 6) is 0.877. The minimum absolute atomic E-state index is 0.0271. The van der Waals surface area contributed by atoms with E-state index in [4.69, 9.17) is 4.52 Å². The number of piperidine rings is 1. The molecule has 3 aliphatic rings. The molecule has 142 valence electrons. The van der Waals surface area contributed by atoms with Gasteiger partial charge in [0, 0.05) is 32.0 Å². The Morgan fingerprint density at radius 2 is 2.04 bits per heavy atom. The number of amides is 1. The van der Waals surface area contributed by atoms with Crippen LogP contribution in [0.3, 0.4) is 0 Å². The third kappa shape index (κ3) is 3.34. The summed E-state index contributed by atoms with van der Waals surface area (Å²) in [5.41, 5.74) is -0.0271. The van der Waals surface area contributed by atoms with Crippen LogP contribution in [0.1, 0.15) is 50.7 Å². The van der Waals surface area contributed by atoms with E-state index in [0.717, 1.165) is 38.8 Å². The number of carboxylic acids is 1. The summed E-state index contributed by atoms with van der Waals surface area (Å²) >= 11 is 0. The summed E-state index contributed by atoms with van der Waals surface area (Å²) in [5, 5.41) is 13.6. The summed E-state index contributed by atoms with van der Waals surface area (Å²) in [6, 6.07) is -0.524. The second-order valence-corrected chi connectivity index (χ2v) is 8.02. The molecule has 1 amide bonds. The number of hydrogen-bond donors (Lipinski definition) is 1. The van der Waals surface area contributed by atoms with E-state index in [1.807, 2.05) is 16.7 Å². The van der Waals surface area contributed by atoms with Gasteiger partial charge in [0.05, 0.1) is 6.54 Å². The number of hydrogen-bond acceptors (Lipinski definition) is 6. The lowest BCUT2D eigenvalue weighted by atomic mass is 9.76. The highest BCUT2D eigenvalue weighted by Crippen LogP contribution is 2.44. The highest BCUT2D eigenvalue weighted by Gasteiger charge is 2.49. The van der Waals surface area contributed by atoms with E-state index < -0.39 is 12.0 Å². The number of nitrogens with zero attached hydrogens (tertiary/aromatic N) is 4. The topological polar surface area (TPSA) is 99.8 Å². The van der Waals surface area contributed by atoms with E-state index >= 15 is 0 Å². The summed E-state index contributed by atoms with van der Waals surface area (Å²) in [7, 11) is 0. The number of aliphatic carboxylic acids is 1. The van der Waals surface area contributed by atoms with Crippen molar-refractivity contribution >= 4 is 11.9 Å². The number of likely N-dealkylation sites (tertiary alicyclic amines) is 2. The molecule has 0 aromatic carbocycles.